The molecule has 0 amide bonds. The molecule has 3 nitrogen and oxygen atoms in total. The fourth-order valence-corrected chi connectivity index (χ4v) is 3.40. The van der Waals surface area contributed by atoms with Gasteiger partial charge < -0.3 is 11.1 Å². The maximum Gasteiger partial charge on any atom is 0.161 e. The summed E-state index contributed by atoms with van der Waals surface area (Å²) >= 11 is 1.81. The minimum atomic E-state index is -0.00796. The quantitative estimate of drug-likeness (QED) is 0.650. The molecular weight excluding hydrogens is 268 g/mol. The number of benzene rings is 1. The summed E-state index contributed by atoms with van der Waals surface area (Å²) in [4.78, 5) is 14.0. The molecule has 1 heterocycles. The number of aryl methyl sites for hydroxylation is 2. The first-order valence-corrected chi connectivity index (χ1v) is 7.44. The monoisotopic (exact) mass is 288 g/mol. The number of thiophene rings is 1. The summed E-state index contributed by atoms with van der Waals surface area (Å²) in [6.45, 7) is 7.91. The summed E-state index contributed by atoms with van der Waals surface area (Å²) in [7, 11) is 0. The predicted octanol–water partition coefficient (Wildman–Crippen LogP) is 4.32. The Morgan fingerprint density at radius 3 is 2.50 bits per heavy atom. The third-order valence-corrected chi connectivity index (χ3v) is 4.34. The molecule has 0 aliphatic heterocycles. The van der Waals surface area contributed by atoms with Crippen molar-refractivity contribution in [3.8, 4) is 0 Å². The number of rotatable bonds is 4. The van der Waals surface area contributed by atoms with Gasteiger partial charge in [0.2, 0.25) is 0 Å². The summed E-state index contributed by atoms with van der Waals surface area (Å²) in [6, 6.07) is 7.92. The molecule has 3 N–H and O–H groups in total. The molecule has 2 rings (SSSR count). The van der Waals surface area contributed by atoms with Gasteiger partial charge in [-0.15, -0.1) is 11.3 Å². The van der Waals surface area contributed by atoms with Crippen LogP contribution >= 0.6 is 11.3 Å². The number of ketones is 1. The lowest BCUT2D eigenvalue weighted by Gasteiger charge is -2.16. The van der Waals surface area contributed by atoms with Crippen molar-refractivity contribution in [3.63, 3.8) is 0 Å². The van der Waals surface area contributed by atoms with Gasteiger partial charge in [-0.3, -0.25) is 4.79 Å². The van der Waals surface area contributed by atoms with Crippen LogP contribution in [0.5, 0.6) is 0 Å². The van der Waals surface area contributed by atoms with Crippen LogP contribution in [0.3, 0.4) is 0 Å². The zero-order valence-corrected chi connectivity index (χ0v) is 13.1. The van der Waals surface area contributed by atoms with E-state index < -0.39 is 0 Å². The second-order valence-corrected chi connectivity index (χ2v) is 6.55. The van der Waals surface area contributed by atoms with Crippen LogP contribution < -0.4 is 11.1 Å². The topological polar surface area (TPSA) is 55.1 Å². The molecule has 1 atom stereocenters. The van der Waals surface area contributed by atoms with E-state index in [4.69, 9.17) is 5.73 Å². The van der Waals surface area contributed by atoms with Gasteiger partial charge in [-0.2, -0.15) is 0 Å². The Labute approximate surface area is 123 Å². The first-order chi connectivity index (χ1) is 9.38. The molecule has 0 spiro atoms. The van der Waals surface area contributed by atoms with Crippen LogP contribution in [0.1, 0.15) is 45.6 Å². The summed E-state index contributed by atoms with van der Waals surface area (Å²) in [6.07, 6.45) is 0. The molecule has 0 radical (unpaired) electrons. The maximum atomic E-state index is 11.4. The summed E-state index contributed by atoms with van der Waals surface area (Å²) in [5, 5.41) is 3.43. The van der Waals surface area contributed by atoms with E-state index in [2.05, 4.69) is 32.2 Å². The first kappa shape index (κ1) is 14.6. The zero-order valence-electron chi connectivity index (χ0n) is 12.3. The van der Waals surface area contributed by atoms with Gasteiger partial charge in [-0.05, 0) is 57.5 Å². The molecule has 1 unspecified atom stereocenters. The Morgan fingerprint density at radius 2 is 2.00 bits per heavy atom. The van der Waals surface area contributed by atoms with E-state index in [0.29, 0.717) is 11.3 Å². The van der Waals surface area contributed by atoms with Gasteiger partial charge in [-0.25, -0.2) is 0 Å². The highest BCUT2D eigenvalue weighted by molar-refractivity contribution is 7.12. The Bertz CT molecular complexity index is 646. The van der Waals surface area contributed by atoms with E-state index in [-0.39, 0.29) is 11.8 Å². The Balaban J connectivity index is 2.20. The summed E-state index contributed by atoms with van der Waals surface area (Å²) < 4.78 is 0. The maximum absolute atomic E-state index is 11.4. The average molecular weight is 288 g/mol. The predicted molar refractivity (Wildman–Crippen MR) is 86.7 cm³/mol. The third-order valence-electron chi connectivity index (χ3n) is 3.36. The SMILES string of the molecule is CC(=O)c1ccc(NC(C)c2cc(C)sc2C)cc1N. The molecule has 0 saturated heterocycles. The molecule has 0 aliphatic carbocycles. The average Bonchev–Trinajstić information content (AvgIpc) is 2.68. The fourth-order valence-electron chi connectivity index (χ4n) is 2.38. The van der Waals surface area contributed by atoms with Crippen molar-refractivity contribution in [2.45, 2.75) is 33.7 Å². The van der Waals surface area contributed by atoms with Gasteiger partial charge >= 0.3 is 0 Å². The number of Topliss-reactive ketones (excluding diaryl/α,β-unsaturated/α-hetero) is 1. The number of hydrogen-bond donors (Lipinski definition) is 2. The van der Waals surface area contributed by atoms with Crippen LogP contribution in [-0.2, 0) is 0 Å². The highest BCUT2D eigenvalue weighted by atomic mass is 32.1. The van der Waals surface area contributed by atoms with Crippen molar-refractivity contribution >= 4 is 28.5 Å². The van der Waals surface area contributed by atoms with Gasteiger partial charge in [0.1, 0.15) is 0 Å². The number of nitrogens with two attached hydrogens (primary N) is 1. The summed E-state index contributed by atoms with van der Waals surface area (Å²) in [5.41, 5.74) is 9.25. The van der Waals surface area contributed by atoms with Gasteiger partial charge in [0, 0.05) is 32.7 Å². The Morgan fingerprint density at radius 1 is 1.30 bits per heavy atom. The highest BCUT2D eigenvalue weighted by Crippen LogP contribution is 2.29. The smallest absolute Gasteiger partial charge is 0.161 e. The minimum Gasteiger partial charge on any atom is -0.398 e. The van der Waals surface area contributed by atoms with E-state index in [1.165, 1.54) is 22.2 Å². The molecule has 2 aromatic rings. The fraction of sp³-hybridized carbons (Fsp3) is 0.312. The van der Waals surface area contributed by atoms with Gasteiger partial charge in [0.25, 0.3) is 0 Å². The van der Waals surface area contributed by atoms with Crippen LogP contribution in [0, 0.1) is 13.8 Å². The van der Waals surface area contributed by atoms with Crippen molar-refractivity contribution < 1.29 is 4.79 Å². The second kappa shape index (κ2) is 5.67. The standard InChI is InChI=1S/C16H20N2OS/c1-9-7-15(12(4)20-9)10(2)18-13-5-6-14(11(3)19)16(17)8-13/h5-8,10,18H,17H2,1-4H3. The first-order valence-electron chi connectivity index (χ1n) is 6.62. The molecule has 1 aromatic carbocycles. The molecule has 1 aromatic heterocycles. The van der Waals surface area contributed by atoms with Crippen molar-refractivity contribution in [1.82, 2.24) is 0 Å². The molecule has 4 heteroatoms. The molecular formula is C16H20N2OS. The normalized spacial score (nSPS) is 12.2. The summed E-state index contributed by atoms with van der Waals surface area (Å²) in [5.74, 6) is -0.00796. The number of anilines is 2. The van der Waals surface area contributed by atoms with Crippen LogP contribution in [0.25, 0.3) is 0 Å². The highest BCUT2D eigenvalue weighted by Gasteiger charge is 2.12. The molecule has 0 saturated carbocycles. The lowest BCUT2D eigenvalue weighted by molar-refractivity contribution is 0.101. The van der Waals surface area contributed by atoms with Crippen LogP contribution in [0.15, 0.2) is 24.3 Å². The van der Waals surface area contributed by atoms with Gasteiger partial charge in [-0.1, -0.05) is 0 Å². The molecule has 0 fully saturated rings. The Kier molecular flexibility index (Phi) is 4.14. The number of nitrogens with one attached hydrogen (secondary N) is 1. The lowest BCUT2D eigenvalue weighted by atomic mass is 10.1. The van der Waals surface area contributed by atoms with E-state index >= 15 is 0 Å². The second-order valence-electron chi connectivity index (χ2n) is 5.09. The van der Waals surface area contributed by atoms with Crippen LogP contribution in [0.2, 0.25) is 0 Å². The molecule has 0 aliphatic rings. The van der Waals surface area contributed by atoms with E-state index in [1.807, 2.05) is 23.5 Å². The molecule has 20 heavy (non-hydrogen) atoms. The molecule has 0 bridgehead atoms. The van der Waals surface area contributed by atoms with Crippen molar-refractivity contribution in [2.24, 2.45) is 0 Å². The van der Waals surface area contributed by atoms with Crippen molar-refractivity contribution in [2.75, 3.05) is 11.1 Å². The zero-order chi connectivity index (χ0) is 14.9. The van der Waals surface area contributed by atoms with E-state index in [1.54, 1.807) is 6.07 Å². The van der Waals surface area contributed by atoms with Crippen molar-refractivity contribution in [1.29, 1.82) is 0 Å². The van der Waals surface area contributed by atoms with Gasteiger partial charge in [0.15, 0.2) is 5.78 Å². The number of carbonyl (C=O) groups excluding carboxylic acids is 1. The lowest BCUT2D eigenvalue weighted by Crippen LogP contribution is -2.08. The van der Waals surface area contributed by atoms with E-state index in [9.17, 15) is 4.79 Å². The van der Waals surface area contributed by atoms with Crippen LogP contribution in [-0.4, -0.2) is 5.78 Å². The number of hydrogen-bond acceptors (Lipinski definition) is 4. The third kappa shape index (κ3) is 3.02. The van der Waals surface area contributed by atoms with E-state index in [0.717, 1.165) is 5.69 Å². The number of carbonyl (C=O) groups is 1. The van der Waals surface area contributed by atoms with Crippen LogP contribution in [0.4, 0.5) is 11.4 Å². The largest absolute Gasteiger partial charge is 0.398 e. The molecule has 106 valence electrons. The number of nitrogen functional groups attached to an aromatic ring is 1. The van der Waals surface area contributed by atoms with Crippen molar-refractivity contribution in [3.05, 3.63) is 45.1 Å². The Hall–Kier alpha value is -1.81. The minimum absolute atomic E-state index is 0.00796. The van der Waals surface area contributed by atoms with Gasteiger partial charge in [0.05, 0.1) is 0 Å².